The van der Waals surface area contributed by atoms with Crippen LogP contribution in [0.25, 0.3) is 0 Å². The first kappa shape index (κ1) is 20.1. The van der Waals surface area contributed by atoms with Crippen molar-refractivity contribution >= 4 is 11.6 Å². The minimum Gasteiger partial charge on any atom is -0.489 e. The average Bonchev–Trinajstić information content (AvgIpc) is 2.79. The van der Waals surface area contributed by atoms with Gasteiger partial charge in [-0.25, -0.2) is 5.43 Å². The van der Waals surface area contributed by atoms with Gasteiger partial charge in [0.15, 0.2) is 6.61 Å². The maximum absolute atomic E-state index is 12.0. The van der Waals surface area contributed by atoms with Gasteiger partial charge in [-0.05, 0) is 41.8 Å². The molecule has 0 atom stereocenters. The van der Waals surface area contributed by atoms with Gasteiger partial charge < -0.3 is 9.47 Å². The quantitative estimate of drug-likeness (QED) is 0.431. The molecule has 0 saturated carbocycles. The van der Waals surface area contributed by atoms with Crippen molar-refractivity contribution in [3.8, 4) is 11.5 Å². The van der Waals surface area contributed by atoms with E-state index in [0.29, 0.717) is 12.4 Å². The summed E-state index contributed by atoms with van der Waals surface area (Å²) in [4.78, 5) is 12.0. The van der Waals surface area contributed by atoms with E-state index in [1.165, 1.54) is 0 Å². The van der Waals surface area contributed by atoms with Gasteiger partial charge in [-0.2, -0.15) is 5.10 Å². The highest BCUT2D eigenvalue weighted by molar-refractivity contribution is 6.00. The van der Waals surface area contributed by atoms with E-state index < -0.39 is 0 Å². The maximum atomic E-state index is 12.0. The second-order valence-electron chi connectivity index (χ2n) is 6.35. The van der Waals surface area contributed by atoms with Crippen molar-refractivity contribution in [1.29, 1.82) is 0 Å². The van der Waals surface area contributed by atoms with Crippen LogP contribution in [-0.2, 0) is 11.4 Å². The molecule has 0 aliphatic rings. The van der Waals surface area contributed by atoms with Crippen molar-refractivity contribution in [3.63, 3.8) is 0 Å². The first-order valence-corrected chi connectivity index (χ1v) is 9.55. The Bertz CT molecular complexity index is 923. The molecule has 0 radical (unpaired) electrons. The van der Waals surface area contributed by atoms with E-state index in [0.717, 1.165) is 29.0 Å². The third-order valence-electron chi connectivity index (χ3n) is 4.20. The van der Waals surface area contributed by atoms with Crippen LogP contribution in [0.3, 0.4) is 0 Å². The summed E-state index contributed by atoms with van der Waals surface area (Å²) in [5, 5.41) is 4.21. The SMILES string of the molecule is CC/C(=N/NC(=O)COc1ccc(OCc2ccccc2)cc1)c1ccccc1. The second-order valence-corrected chi connectivity index (χ2v) is 6.35. The van der Waals surface area contributed by atoms with Crippen molar-refractivity contribution in [3.05, 3.63) is 96.1 Å². The van der Waals surface area contributed by atoms with E-state index in [4.69, 9.17) is 9.47 Å². The van der Waals surface area contributed by atoms with Crippen molar-refractivity contribution in [2.75, 3.05) is 6.61 Å². The lowest BCUT2D eigenvalue weighted by Crippen LogP contribution is -2.26. The van der Waals surface area contributed by atoms with Gasteiger partial charge in [-0.15, -0.1) is 0 Å². The number of hydrogen-bond donors (Lipinski definition) is 1. The van der Waals surface area contributed by atoms with E-state index >= 15 is 0 Å². The molecular formula is C24H24N2O3. The lowest BCUT2D eigenvalue weighted by molar-refractivity contribution is -0.123. The highest BCUT2D eigenvalue weighted by Gasteiger charge is 2.05. The molecule has 1 N–H and O–H groups in total. The number of nitrogens with zero attached hydrogens (tertiary/aromatic N) is 1. The smallest absolute Gasteiger partial charge is 0.277 e. The molecule has 3 rings (SSSR count). The molecule has 29 heavy (non-hydrogen) atoms. The Hall–Kier alpha value is -3.60. The zero-order valence-electron chi connectivity index (χ0n) is 16.4. The largest absolute Gasteiger partial charge is 0.489 e. The highest BCUT2D eigenvalue weighted by Crippen LogP contribution is 2.18. The number of carbonyl (C=O) groups is 1. The number of rotatable bonds is 9. The zero-order valence-corrected chi connectivity index (χ0v) is 16.4. The Morgan fingerprint density at radius 2 is 1.41 bits per heavy atom. The number of hydrazone groups is 1. The number of carbonyl (C=O) groups excluding carboxylic acids is 1. The molecular weight excluding hydrogens is 364 g/mol. The summed E-state index contributed by atoms with van der Waals surface area (Å²) in [6.07, 6.45) is 0.718. The Labute approximate surface area is 171 Å². The predicted molar refractivity (Wildman–Crippen MR) is 114 cm³/mol. The van der Waals surface area contributed by atoms with Crippen LogP contribution in [0, 0.1) is 0 Å². The normalized spacial score (nSPS) is 11.0. The summed E-state index contributed by atoms with van der Waals surface area (Å²) in [5.41, 5.74) is 5.46. The molecule has 0 aliphatic heterocycles. The standard InChI is InChI=1S/C24H24N2O3/c1-2-23(20-11-7-4-8-12-20)25-26-24(27)18-29-22-15-13-21(14-16-22)28-17-19-9-5-3-6-10-19/h3-16H,2,17-18H2,1H3,(H,26,27)/b25-23-. The lowest BCUT2D eigenvalue weighted by atomic mass is 10.1. The van der Waals surface area contributed by atoms with Gasteiger partial charge in [-0.3, -0.25) is 4.79 Å². The van der Waals surface area contributed by atoms with Crippen molar-refractivity contribution in [1.82, 2.24) is 5.43 Å². The third-order valence-corrected chi connectivity index (χ3v) is 4.20. The topological polar surface area (TPSA) is 59.9 Å². The van der Waals surface area contributed by atoms with Gasteiger partial charge in [0.1, 0.15) is 18.1 Å². The van der Waals surface area contributed by atoms with Gasteiger partial charge >= 0.3 is 0 Å². The predicted octanol–water partition coefficient (Wildman–Crippen LogP) is 4.57. The third kappa shape index (κ3) is 6.50. The van der Waals surface area contributed by atoms with Crippen molar-refractivity contribution < 1.29 is 14.3 Å². The van der Waals surface area contributed by atoms with E-state index in [-0.39, 0.29) is 12.5 Å². The molecule has 0 heterocycles. The summed E-state index contributed by atoms with van der Waals surface area (Å²) < 4.78 is 11.3. The van der Waals surface area contributed by atoms with E-state index in [2.05, 4.69) is 10.5 Å². The average molecular weight is 388 g/mol. The van der Waals surface area contributed by atoms with E-state index in [1.54, 1.807) is 12.1 Å². The molecule has 5 nitrogen and oxygen atoms in total. The van der Waals surface area contributed by atoms with Crippen LogP contribution in [0.2, 0.25) is 0 Å². The molecule has 0 aromatic heterocycles. The lowest BCUT2D eigenvalue weighted by Gasteiger charge is -2.09. The van der Waals surface area contributed by atoms with Crippen molar-refractivity contribution in [2.45, 2.75) is 20.0 Å². The number of nitrogens with one attached hydrogen (secondary N) is 1. The van der Waals surface area contributed by atoms with Gasteiger partial charge in [0, 0.05) is 0 Å². The van der Waals surface area contributed by atoms with E-state index in [1.807, 2.05) is 79.7 Å². The van der Waals surface area contributed by atoms with Gasteiger partial charge in [0.25, 0.3) is 5.91 Å². The number of hydrogen-bond acceptors (Lipinski definition) is 4. The molecule has 148 valence electrons. The molecule has 3 aromatic carbocycles. The van der Waals surface area contributed by atoms with Crippen LogP contribution in [-0.4, -0.2) is 18.2 Å². The minimum atomic E-state index is -0.309. The molecule has 1 amide bonds. The Balaban J connectivity index is 1.45. The Morgan fingerprint density at radius 1 is 0.828 bits per heavy atom. The number of ether oxygens (including phenoxy) is 2. The second kappa shape index (κ2) is 10.7. The fourth-order valence-electron chi connectivity index (χ4n) is 2.66. The maximum Gasteiger partial charge on any atom is 0.277 e. The Morgan fingerprint density at radius 3 is 2.03 bits per heavy atom. The summed E-state index contributed by atoms with van der Waals surface area (Å²) in [6, 6.07) is 26.9. The van der Waals surface area contributed by atoms with Crippen molar-refractivity contribution in [2.24, 2.45) is 5.10 Å². The van der Waals surface area contributed by atoms with Crippen LogP contribution < -0.4 is 14.9 Å². The molecule has 0 aliphatic carbocycles. The summed E-state index contributed by atoms with van der Waals surface area (Å²) in [7, 11) is 0. The molecule has 0 saturated heterocycles. The number of amides is 1. The van der Waals surface area contributed by atoms with Crippen LogP contribution in [0.15, 0.2) is 90.0 Å². The van der Waals surface area contributed by atoms with E-state index in [9.17, 15) is 4.79 Å². The first-order valence-electron chi connectivity index (χ1n) is 9.55. The fourth-order valence-corrected chi connectivity index (χ4v) is 2.66. The highest BCUT2D eigenvalue weighted by atomic mass is 16.5. The first-order chi connectivity index (χ1) is 14.2. The van der Waals surface area contributed by atoms with Crippen LogP contribution in [0.1, 0.15) is 24.5 Å². The molecule has 5 heteroatoms. The molecule has 0 fully saturated rings. The molecule has 0 bridgehead atoms. The Kier molecular flexibility index (Phi) is 7.41. The van der Waals surface area contributed by atoms with Gasteiger partial charge in [-0.1, -0.05) is 67.6 Å². The van der Waals surface area contributed by atoms with Crippen LogP contribution >= 0.6 is 0 Å². The number of benzene rings is 3. The van der Waals surface area contributed by atoms with Gasteiger partial charge in [0.05, 0.1) is 5.71 Å². The minimum absolute atomic E-state index is 0.112. The molecule has 0 unspecified atom stereocenters. The monoisotopic (exact) mass is 388 g/mol. The summed E-state index contributed by atoms with van der Waals surface area (Å²) >= 11 is 0. The summed E-state index contributed by atoms with van der Waals surface area (Å²) in [6.45, 7) is 2.39. The van der Waals surface area contributed by atoms with Crippen LogP contribution in [0.4, 0.5) is 0 Å². The molecule has 0 spiro atoms. The van der Waals surface area contributed by atoms with Crippen LogP contribution in [0.5, 0.6) is 11.5 Å². The fraction of sp³-hybridized carbons (Fsp3) is 0.167. The zero-order chi connectivity index (χ0) is 20.3. The summed E-state index contributed by atoms with van der Waals surface area (Å²) in [5.74, 6) is 1.02. The molecule has 3 aromatic rings. The van der Waals surface area contributed by atoms with Gasteiger partial charge in [0.2, 0.25) is 0 Å².